The zero-order valence-electron chi connectivity index (χ0n) is 8.46. The Morgan fingerprint density at radius 3 is 2.12 bits per heavy atom. The first-order chi connectivity index (χ1) is 7.88. The van der Waals surface area contributed by atoms with Crippen LogP contribution in [0.5, 0.6) is 0 Å². The van der Waals surface area contributed by atoms with Crippen LogP contribution < -0.4 is 0 Å². The van der Waals surface area contributed by atoms with Gasteiger partial charge in [-0.25, -0.2) is 0 Å². The van der Waals surface area contributed by atoms with Crippen LogP contribution in [0.1, 0.15) is 0 Å². The number of rotatable bonds is 3. The van der Waals surface area contributed by atoms with Crippen molar-refractivity contribution in [1.29, 1.82) is 0 Å². The zero-order valence-corrected chi connectivity index (χ0v) is 10.1. The van der Waals surface area contributed by atoms with Gasteiger partial charge in [0.25, 0.3) is 0 Å². The molecule has 16 heavy (non-hydrogen) atoms. The second-order valence-corrected chi connectivity index (χ2v) is 4.44. The quantitative estimate of drug-likeness (QED) is 0.578. The van der Waals surface area contributed by atoms with E-state index >= 15 is 0 Å². The van der Waals surface area contributed by atoms with E-state index in [0.717, 1.165) is 5.69 Å². The molecule has 0 unspecified atom stereocenters. The SMILES string of the molecule is S=C=Nc1ccc(Sc2ccccc2)cc1. The Kier molecular flexibility index (Phi) is 3.89. The molecule has 0 atom stereocenters. The summed E-state index contributed by atoms with van der Waals surface area (Å²) >= 11 is 6.28. The number of isothiocyanates is 1. The first kappa shape index (κ1) is 11.1. The molecule has 0 aliphatic carbocycles. The van der Waals surface area contributed by atoms with Gasteiger partial charge in [0.15, 0.2) is 0 Å². The molecule has 0 fully saturated rings. The maximum Gasteiger partial charge on any atom is 0.0740 e. The van der Waals surface area contributed by atoms with Gasteiger partial charge in [0.2, 0.25) is 0 Å². The molecule has 2 aromatic carbocycles. The van der Waals surface area contributed by atoms with Gasteiger partial charge in [-0.05, 0) is 48.6 Å². The van der Waals surface area contributed by atoms with Crippen LogP contribution in [0.4, 0.5) is 5.69 Å². The van der Waals surface area contributed by atoms with Crippen LogP contribution in [-0.2, 0) is 0 Å². The number of aliphatic imine (C=N–C) groups is 1. The molecule has 0 aromatic heterocycles. The van der Waals surface area contributed by atoms with Crippen LogP contribution in [0, 0.1) is 0 Å². The summed E-state index contributed by atoms with van der Waals surface area (Å²) in [5, 5.41) is 2.35. The Morgan fingerprint density at radius 2 is 1.50 bits per heavy atom. The molecular weight excluding hydrogens is 234 g/mol. The van der Waals surface area contributed by atoms with Gasteiger partial charge in [-0.2, -0.15) is 4.99 Å². The van der Waals surface area contributed by atoms with Crippen molar-refractivity contribution in [1.82, 2.24) is 0 Å². The van der Waals surface area contributed by atoms with Crippen molar-refractivity contribution in [2.45, 2.75) is 9.79 Å². The average Bonchev–Trinajstić information content (AvgIpc) is 2.33. The van der Waals surface area contributed by atoms with Gasteiger partial charge in [0.05, 0.1) is 10.8 Å². The van der Waals surface area contributed by atoms with Crippen molar-refractivity contribution in [3.63, 3.8) is 0 Å². The molecule has 0 heterocycles. The Bertz CT molecular complexity index is 499. The summed E-state index contributed by atoms with van der Waals surface area (Å²) < 4.78 is 0. The summed E-state index contributed by atoms with van der Waals surface area (Å²) in [7, 11) is 0. The van der Waals surface area contributed by atoms with Crippen LogP contribution in [-0.4, -0.2) is 5.16 Å². The number of thiocarbonyl (C=S) groups is 1. The molecule has 0 radical (unpaired) electrons. The molecule has 2 rings (SSSR count). The van der Waals surface area contributed by atoms with Gasteiger partial charge in [-0.3, -0.25) is 0 Å². The number of hydrogen-bond acceptors (Lipinski definition) is 3. The Hall–Kier alpha value is -1.41. The zero-order chi connectivity index (χ0) is 11.2. The fourth-order valence-electron chi connectivity index (χ4n) is 1.27. The van der Waals surface area contributed by atoms with Crippen LogP contribution in [0.2, 0.25) is 0 Å². The lowest BCUT2D eigenvalue weighted by Crippen LogP contribution is -1.72. The number of hydrogen-bond donors (Lipinski definition) is 0. The number of benzene rings is 2. The second kappa shape index (κ2) is 5.61. The molecule has 0 saturated heterocycles. The molecule has 0 amide bonds. The summed E-state index contributed by atoms with van der Waals surface area (Å²) in [5.41, 5.74) is 0.840. The minimum atomic E-state index is 0.840. The lowest BCUT2D eigenvalue weighted by Gasteiger charge is -2.00. The molecule has 2 aromatic rings. The van der Waals surface area contributed by atoms with Gasteiger partial charge in [-0.1, -0.05) is 30.0 Å². The van der Waals surface area contributed by atoms with Gasteiger partial charge in [0.1, 0.15) is 0 Å². The maximum atomic E-state index is 4.55. The highest BCUT2D eigenvalue weighted by atomic mass is 32.2. The summed E-state index contributed by atoms with van der Waals surface area (Å²) in [6, 6.07) is 18.2. The molecular formula is C13H9NS2. The molecule has 0 aliphatic heterocycles. The molecule has 1 nitrogen and oxygen atoms in total. The van der Waals surface area contributed by atoms with Crippen molar-refractivity contribution in [2.24, 2.45) is 4.99 Å². The van der Waals surface area contributed by atoms with E-state index in [9.17, 15) is 0 Å². The van der Waals surface area contributed by atoms with Gasteiger partial charge < -0.3 is 0 Å². The van der Waals surface area contributed by atoms with E-state index < -0.39 is 0 Å². The lowest BCUT2D eigenvalue weighted by molar-refractivity contribution is 1.39. The van der Waals surface area contributed by atoms with Crippen molar-refractivity contribution in [3.05, 3.63) is 54.6 Å². The van der Waals surface area contributed by atoms with E-state index in [1.54, 1.807) is 11.8 Å². The van der Waals surface area contributed by atoms with E-state index in [4.69, 9.17) is 0 Å². The third-order valence-corrected chi connectivity index (χ3v) is 3.10. The van der Waals surface area contributed by atoms with Crippen molar-refractivity contribution in [2.75, 3.05) is 0 Å². The first-order valence-corrected chi connectivity index (χ1v) is 6.02. The fourth-order valence-corrected chi connectivity index (χ4v) is 2.21. The monoisotopic (exact) mass is 243 g/mol. The van der Waals surface area contributed by atoms with Crippen molar-refractivity contribution < 1.29 is 0 Å². The Morgan fingerprint density at radius 1 is 0.875 bits per heavy atom. The van der Waals surface area contributed by atoms with E-state index in [1.807, 2.05) is 42.5 Å². The maximum absolute atomic E-state index is 4.55. The normalized spacial score (nSPS) is 9.50. The summed E-state index contributed by atoms with van der Waals surface area (Å²) in [5.74, 6) is 0. The Balaban J connectivity index is 2.14. The minimum Gasteiger partial charge on any atom is -0.195 e. The molecule has 3 heteroatoms. The van der Waals surface area contributed by atoms with Gasteiger partial charge in [0, 0.05) is 9.79 Å². The smallest absolute Gasteiger partial charge is 0.0740 e. The topological polar surface area (TPSA) is 12.4 Å². The molecule has 0 N–H and O–H groups in total. The summed E-state index contributed by atoms with van der Waals surface area (Å²) in [6.45, 7) is 0. The highest BCUT2D eigenvalue weighted by Gasteiger charge is 1.96. The van der Waals surface area contributed by atoms with E-state index in [0.29, 0.717) is 0 Å². The van der Waals surface area contributed by atoms with E-state index in [2.05, 4.69) is 34.5 Å². The minimum absolute atomic E-state index is 0.840. The molecule has 0 bridgehead atoms. The predicted octanol–water partition coefficient (Wildman–Crippen LogP) is 4.57. The third kappa shape index (κ3) is 3.04. The van der Waals surface area contributed by atoms with E-state index in [1.165, 1.54) is 9.79 Å². The Labute approximate surface area is 104 Å². The summed E-state index contributed by atoms with van der Waals surface area (Å²) in [4.78, 5) is 6.33. The van der Waals surface area contributed by atoms with Crippen LogP contribution in [0.25, 0.3) is 0 Å². The van der Waals surface area contributed by atoms with Gasteiger partial charge >= 0.3 is 0 Å². The fraction of sp³-hybridized carbons (Fsp3) is 0. The number of nitrogens with zero attached hydrogens (tertiary/aromatic N) is 1. The predicted molar refractivity (Wildman–Crippen MR) is 71.7 cm³/mol. The van der Waals surface area contributed by atoms with Crippen LogP contribution in [0.3, 0.4) is 0 Å². The molecule has 0 spiro atoms. The van der Waals surface area contributed by atoms with Gasteiger partial charge in [-0.15, -0.1) is 0 Å². The summed E-state index contributed by atoms with van der Waals surface area (Å²) in [6.07, 6.45) is 0. The van der Waals surface area contributed by atoms with Crippen molar-refractivity contribution >= 4 is 34.8 Å². The van der Waals surface area contributed by atoms with Crippen LogP contribution >= 0.6 is 24.0 Å². The molecule has 0 aliphatic rings. The largest absolute Gasteiger partial charge is 0.195 e. The second-order valence-electron chi connectivity index (χ2n) is 3.11. The highest BCUT2D eigenvalue weighted by molar-refractivity contribution is 7.99. The average molecular weight is 243 g/mol. The standard InChI is InChI=1S/C13H9NS2/c15-10-14-11-6-8-13(9-7-11)16-12-4-2-1-3-5-12/h1-9H. The van der Waals surface area contributed by atoms with Crippen LogP contribution in [0.15, 0.2) is 69.4 Å². The van der Waals surface area contributed by atoms with E-state index in [-0.39, 0.29) is 0 Å². The highest BCUT2D eigenvalue weighted by Crippen LogP contribution is 2.28. The molecule has 0 saturated carbocycles. The lowest BCUT2D eigenvalue weighted by atomic mass is 10.3. The molecule has 78 valence electrons. The third-order valence-electron chi connectivity index (χ3n) is 1.99. The van der Waals surface area contributed by atoms with Crippen molar-refractivity contribution in [3.8, 4) is 0 Å². The first-order valence-electron chi connectivity index (χ1n) is 4.79.